The number of hydrogen-bond acceptors (Lipinski definition) is 3. The molecule has 0 atom stereocenters. The lowest BCUT2D eigenvalue weighted by Gasteiger charge is -2.31. The first-order valence-electron chi connectivity index (χ1n) is 7.58. The Balaban J connectivity index is 2.01. The summed E-state index contributed by atoms with van der Waals surface area (Å²) in [7, 11) is 3.59. The molecule has 21 heavy (non-hydrogen) atoms. The lowest BCUT2D eigenvalue weighted by atomic mass is 9.98. The number of carbonyl (C=O) groups is 2. The Morgan fingerprint density at radius 3 is 2.71 bits per heavy atom. The zero-order valence-electron chi connectivity index (χ0n) is 13.2. The molecule has 1 aromatic rings. The molecule has 4 heteroatoms. The number of carbonyl (C=O) groups excluding carboxylic acids is 2. The maximum Gasteiger partial charge on any atom is 0.222 e. The SMILES string of the molecule is CC(=O)c1ccc2c(c1)CCCN2CCCC(=O)N(C)C. The smallest absolute Gasteiger partial charge is 0.222 e. The van der Waals surface area contributed by atoms with Crippen molar-refractivity contribution in [3.05, 3.63) is 29.3 Å². The molecule has 4 nitrogen and oxygen atoms in total. The van der Waals surface area contributed by atoms with Crippen LogP contribution in [0.25, 0.3) is 0 Å². The number of benzene rings is 1. The standard InChI is InChI=1S/C17H24N2O2/c1-13(20)14-8-9-16-15(12-14)6-4-10-19(16)11-5-7-17(21)18(2)3/h8-9,12H,4-7,10-11H2,1-3H3. The van der Waals surface area contributed by atoms with Gasteiger partial charge in [0.25, 0.3) is 0 Å². The third-order valence-corrected chi connectivity index (χ3v) is 4.02. The molecule has 0 saturated carbocycles. The highest BCUT2D eigenvalue weighted by Gasteiger charge is 2.18. The fourth-order valence-corrected chi connectivity index (χ4v) is 2.77. The van der Waals surface area contributed by atoms with Crippen molar-refractivity contribution < 1.29 is 9.59 Å². The molecule has 1 heterocycles. The van der Waals surface area contributed by atoms with E-state index in [1.54, 1.807) is 25.9 Å². The summed E-state index contributed by atoms with van der Waals surface area (Å²) in [6.07, 6.45) is 3.59. The first-order chi connectivity index (χ1) is 9.99. The van der Waals surface area contributed by atoms with Crippen molar-refractivity contribution in [3.63, 3.8) is 0 Å². The van der Waals surface area contributed by atoms with Crippen molar-refractivity contribution in [2.24, 2.45) is 0 Å². The van der Waals surface area contributed by atoms with Gasteiger partial charge >= 0.3 is 0 Å². The van der Waals surface area contributed by atoms with Gasteiger partial charge in [-0.1, -0.05) is 0 Å². The van der Waals surface area contributed by atoms with Gasteiger partial charge < -0.3 is 9.80 Å². The highest BCUT2D eigenvalue weighted by molar-refractivity contribution is 5.94. The Labute approximate surface area is 126 Å². The first-order valence-corrected chi connectivity index (χ1v) is 7.58. The summed E-state index contributed by atoms with van der Waals surface area (Å²) >= 11 is 0. The van der Waals surface area contributed by atoms with Crippen molar-refractivity contribution in [2.45, 2.75) is 32.6 Å². The summed E-state index contributed by atoms with van der Waals surface area (Å²) in [5.41, 5.74) is 3.27. The van der Waals surface area contributed by atoms with Gasteiger partial charge in [0.15, 0.2) is 5.78 Å². The van der Waals surface area contributed by atoms with Crippen LogP contribution in [-0.4, -0.2) is 43.8 Å². The molecule has 0 radical (unpaired) electrons. The maximum absolute atomic E-state index is 11.6. The molecule has 0 fully saturated rings. The van der Waals surface area contributed by atoms with E-state index in [1.807, 2.05) is 12.1 Å². The van der Waals surface area contributed by atoms with Crippen molar-refractivity contribution >= 4 is 17.4 Å². The minimum absolute atomic E-state index is 0.117. The zero-order valence-corrected chi connectivity index (χ0v) is 13.2. The average Bonchev–Trinajstić information content (AvgIpc) is 2.46. The number of Topliss-reactive ketones (excluding diaryl/α,β-unsaturated/α-hetero) is 1. The molecule has 1 aromatic carbocycles. The monoisotopic (exact) mass is 288 g/mol. The summed E-state index contributed by atoms with van der Waals surface area (Å²) in [6, 6.07) is 5.98. The van der Waals surface area contributed by atoms with Gasteiger partial charge in [0.05, 0.1) is 0 Å². The van der Waals surface area contributed by atoms with Crippen molar-refractivity contribution in [1.82, 2.24) is 4.90 Å². The number of nitrogens with zero attached hydrogens (tertiary/aromatic N) is 2. The predicted molar refractivity (Wildman–Crippen MR) is 84.9 cm³/mol. The summed E-state index contributed by atoms with van der Waals surface area (Å²) in [5.74, 6) is 0.297. The number of amides is 1. The quantitative estimate of drug-likeness (QED) is 0.782. The van der Waals surface area contributed by atoms with Gasteiger partial charge in [-0.15, -0.1) is 0 Å². The second-order valence-electron chi connectivity index (χ2n) is 5.88. The fraction of sp³-hybridized carbons (Fsp3) is 0.529. The van der Waals surface area contributed by atoms with E-state index < -0.39 is 0 Å². The number of rotatable bonds is 5. The first kappa shape index (κ1) is 15.5. The number of hydrogen-bond donors (Lipinski definition) is 0. The normalized spacial score (nSPS) is 13.8. The maximum atomic E-state index is 11.6. The fourth-order valence-electron chi connectivity index (χ4n) is 2.77. The number of ketones is 1. The van der Waals surface area contributed by atoms with Crippen LogP contribution < -0.4 is 4.90 Å². The van der Waals surface area contributed by atoms with Gasteiger partial charge in [0, 0.05) is 44.9 Å². The highest BCUT2D eigenvalue weighted by Crippen LogP contribution is 2.28. The van der Waals surface area contributed by atoms with E-state index in [9.17, 15) is 9.59 Å². The summed E-state index contributed by atoms with van der Waals surface area (Å²) < 4.78 is 0. The summed E-state index contributed by atoms with van der Waals surface area (Å²) in [6.45, 7) is 3.53. The van der Waals surface area contributed by atoms with Crippen LogP contribution in [-0.2, 0) is 11.2 Å². The lowest BCUT2D eigenvalue weighted by Crippen LogP contribution is -2.31. The average molecular weight is 288 g/mol. The van der Waals surface area contributed by atoms with E-state index in [0.29, 0.717) is 6.42 Å². The van der Waals surface area contributed by atoms with Crippen LogP contribution in [0.1, 0.15) is 42.1 Å². The van der Waals surface area contributed by atoms with Crippen LogP contribution in [0.4, 0.5) is 5.69 Å². The Hall–Kier alpha value is -1.84. The Morgan fingerprint density at radius 2 is 2.05 bits per heavy atom. The molecule has 0 aliphatic carbocycles. The van der Waals surface area contributed by atoms with Gasteiger partial charge in [-0.3, -0.25) is 9.59 Å². The van der Waals surface area contributed by atoms with E-state index in [1.165, 1.54) is 11.3 Å². The third-order valence-electron chi connectivity index (χ3n) is 4.02. The second-order valence-corrected chi connectivity index (χ2v) is 5.88. The van der Waals surface area contributed by atoms with Crippen LogP contribution >= 0.6 is 0 Å². The van der Waals surface area contributed by atoms with Crippen LogP contribution in [0.15, 0.2) is 18.2 Å². The van der Waals surface area contributed by atoms with E-state index in [-0.39, 0.29) is 11.7 Å². The molecule has 0 bridgehead atoms. The molecule has 114 valence electrons. The molecule has 2 rings (SSSR count). The predicted octanol–water partition coefficient (Wildman–Crippen LogP) is 2.51. The van der Waals surface area contributed by atoms with Crippen LogP contribution in [0.3, 0.4) is 0 Å². The van der Waals surface area contributed by atoms with E-state index in [2.05, 4.69) is 11.0 Å². The molecule has 1 aliphatic heterocycles. The lowest BCUT2D eigenvalue weighted by molar-refractivity contribution is -0.128. The third kappa shape index (κ3) is 3.84. The molecule has 1 aliphatic rings. The van der Waals surface area contributed by atoms with Crippen molar-refractivity contribution in [2.75, 3.05) is 32.1 Å². The minimum Gasteiger partial charge on any atom is -0.371 e. The molecule has 0 N–H and O–H groups in total. The Morgan fingerprint density at radius 1 is 1.29 bits per heavy atom. The van der Waals surface area contributed by atoms with E-state index in [4.69, 9.17) is 0 Å². The van der Waals surface area contributed by atoms with Crippen molar-refractivity contribution in [3.8, 4) is 0 Å². The highest BCUT2D eigenvalue weighted by atomic mass is 16.2. The number of aryl methyl sites for hydroxylation is 1. The van der Waals surface area contributed by atoms with Crippen LogP contribution in [0, 0.1) is 0 Å². The largest absolute Gasteiger partial charge is 0.371 e. The van der Waals surface area contributed by atoms with Crippen LogP contribution in [0.5, 0.6) is 0 Å². The molecular formula is C17H24N2O2. The second kappa shape index (κ2) is 6.74. The molecule has 0 unspecified atom stereocenters. The molecule has 0 saturated heterocycles. The molecule has 1 amide bonds. The Bertz CT molecular complexity index is 538. The molecule has 0 aromatic heterocycles. The summed E-state index contributed by atoms with van der Waals surface area (Å²) in [4.78, 5) is 27.1. The number of fused-ring (bicyclic) bond motifs is 1. The molecule has 0 spiro atoms. The van der Waals surface area contributed by atoms with E-state index in [0.717, 1.165) is 37.9 Å². The van der Waals surface area contributed by atoms with Gasteiger partial charge in [-0.25, -0.2) is 0 Å². The van der Waals surface area contributed by atoms with Gasteiger partial charge in [-0.05, 0) is 49.9 Å². The minimum atomic E-state index is 0.117. The van der Waals surface area contributed by atoms with Crippen molar-refractivity contribution in [1.29, 1.82) is 0 Å². The topological polar surface area (TPSA) is 40.6 Å². The molecular weight excluding hydrogens is 264 g/mol. The summed E-state index contributed by atoms with van der Waals surface area (Å²) in [5, 5.41) is 0. The zero-order chi connectivity index (χ0) is 15.4. The van der Waals surface area contributed by atoms with Gasteiger partial charge in [0.2, 0.25) is 5.91 Å². The van der Waals surface area contributed by atoms with Crippen LogP contribution in [0.2, 0.25) is 0 Å². The number of anilines is 1. The Kier molecular flexibility index (Phi) is 4.99. The van der Waals surface area contributed by atoms with Gasteiger partial charge in [0.1, 0.15) is 0 Å². The van der Waals surface area contributed by atoms with E-state index >= 15 is 0 Å². The van der Waals surface area contributed by atoms with Gasteiger partial charge in [-0.2, -0.15) is 0 Å².